The molecule has 2 unspecified atom stereocenters. The van der Waals surface area contributed by atoms with Crippen molar-refractivity contribution in [3.63, 3.8) is 0 Å². The molecule has 2 heterocycles. The summed E-state index contributed by atoms with van der Waals surface area (Å²) in [6, 6.07) is 1.84. The van der Waals surface area contributed by atoms with Crippen LogP contribution in [0.1, 0.15) is 13.8 Å². The first-order valence-electron chi connectivity index (χ1n) is 4.99. The summed E-state index contributed by atoms with van der Waals surface area (Å²) in [7, 11) is 0. The molecule has 1 fully saturated rings. The van der Waals surface area contributed by atoms with Gasteiger partial charge in [0.15, 0.2) is 0 Å². The number of nitrogens with zero attached hydrogens (tertiary/aromatic N) is 3. The van der Waals surface area contributed by atoms with Gasteiger partial charge in [-0.25, -0.2) is 9.97 Å². The number of rotatable bonds is 1. The molecular weight excluding hydrogens is 176 g/mol. The van der Waals surface area contributed by atoms with Crippen molar-refractivity contribution in [2.45, 2.75) is 13.8 Å². The van der Waals surface area contributed by atoms with Crippen LogP contribution in [0.5, 0.6) is 0 Å². The van der Waals surface area contributed by atoms with Gasteiger partial charge in [0.1, 0.15) is 18.0 Å². The summed E-state index contributed by atoms with van der Waals surface area (Å²) in [5, 5.41) is 0. The molecule has 2 N–H and O–H groups in total. The van der Waals surface area contributed by atoms with Crippen LogP contribution < -0.4 is 10.6 Å². The second-order valence-electron chi connectivity index (χ2n) is 4.16. The van der Waals surface area contributed by atoms with Crippen molar-refractivity contribution in [1.82, 2.24) is 9.97 Å². The quantitative estimate of drug-likeness (QED) is 0.725. The molecule has 0 radical (unpaired) electrons. The molecule has 1 aromatic heterocycles. The smallest absolute Gasteiger partial charge is 0.134 e. The van der Waals surface area contributed by atoms with Crippen molar-refractivity contribution in [2.24, 2.45) is 11.8 Å². The topological polar surface area (TPSA) is 55.0 Å². The zero-order valence-corrected chi connectivity index (χ0v) is 8.64. The first-order chi connectivity index (χ1) is 6.66. The fourth-order valence-electron chi connectivity index (χ4n) is 1.85. The van der Waals surface area contributed by atoms with Crippen molar-refractivity contribution in [2.75, 3.05) is 23.7 Å². The summed E-state index contributed by atoms with van der Waals surface area (Å²) in [5.41, 5.74) is 5.62. The van der Waals surface area contributed by atoms with Crippen LogP contribution in [-0.4, -0.2) is 23.1 Å². The van der Waals surface area contributed by atoms with Gasteiger partial charge in [0.05, 0.1) is 0 Å². The molecule has 0 bridgehead atoms. The minimum atomic E-state index is 0.544. The molecule has 0 spiro atoms. The third-order valence-corrected chi connectivity index (χ3v) is 2.99. The standard InChI is InChI=1S/C10H16N4/c1-7-4-14(5-8(7)2)10-3-9(11)12-6-13-10/h3,6-8H,4-5H2,1-2H3,(H2,11,12,13). The van der Waals surface area contributed by atoms with Crippen LogP contribution in [0.15, 0.2) is 12.4 Å². The minimum Gasteiger partial charge on any atom is -0.384 e. The maximum Gasteiger partial charge on any atom is 0.134 e. The maximum absolute atomic E-state index is 5.62. The van der Waals surface area contributed by atoms with Crippen LogP contribution in [0.3, 0.4) is 0 Å². The van der Waals surface area contributed by atoms with Gasteiger partial charge in [0.2, 0.25) is 0 Å². The molecule has 0 amide bonds. The van der Waals surface area contributed by atoms with Crippen molar-refractivity contribution in [3.05, 3.63) is 12.4 Å². The second-order valence-corrected chi connectivity index (χ2v) is 4.16. The highest BCUT2D eigenvalue weighted by atomic mass is 15.2. The largest absolute Gasteiger partial charge is 0.384 e. The molecule has 1 saturated heterocycles. The van der Waals surface area contributed by atoms with Crippen molar-refractivity contribution in [3.8, 4) is 0 Å². The van der Waals surface area contributed by atoms with Gasteiger partial charge in [-0.2, -0.15) is 0 Å². The number of hydrogen-bond donors (Lipinski definition) is 1. The van der Waals surface area contributed by atoms with Crippen molar-refractivity contribution < 1.29 is 0 Å². The zero-order valence-electron chi connectivity index (χ0n) is 8.64. The zero-order chi connectivity index (χ0) is 10.1. The van der Waals surface area contributed by atoms with Crippen LogP contribution in [-0.2, 0) is 0 Å². The predicted octanol–water partition coefficient (Wildman–Crippen LogP) is 1.15. The highest BCUT2D eigenvalue weighted by Crippen LogP contribution is 2.26. The van der Waals surface area contributed by atoms with E-state index >= 15 is 0 Å². The van der Waals surface area contributed by atoms with Crippen LogP contribution in [0.4, 0.5) is 11.6 Å². The number of aromatic nitrogens is 2. The van der Waals surface area contributed by atoms with Gasteiger partial charge in [-0.05, 0) is 11.8 Å². The lowest BCUT2D eigenvalue weighted by Crippen LogP contribution is -2.21. The van der Waals surface area contributed by atoms with E-state index in [9.17, 15) is 0 Å². The fourth-order valence-corrected chi connectivity index (χ4v) is 1.85. The Hall–Kier alpha value is -1.32. The molecule has 4 heteroatoms. The molecule has 14 heavy (non-hydrogen) atoms. The summed E-state index contributed by atoms with van der Waals surface area (Å²) >= 11 is 0. The fraction of sp³-hybridized carbons (Fsp3) is 0.600. The van der Waals surface area contributed by atoms with Gasteiger partial charge in [0, 0.05) is 19.2 Å². The predicted molar refractivity (Wildman–Crippen MR) is 57.0 cm³/mol. The van der Waals surface area contributed by atoms with Crippen molar-refractivity contribution in [1.29, 1.82) is 0 Å². The van der Waals surface area contributed by atoms with Crippen LogP contribution in [0, 0.1) is 11.8 Å². The monoisotopic (exact) mass is 192 g/mol. The lowest BCUT2D eigenvalue weighted by molar-refractivity contribution is 0.494. The molecule has 2 rings (SSSR count). The summed E-state index contributed by atoms with van der Waals surface area (Å²) in [6.45, 7) is 6.68. The van der Waals surface area contributed by atoms with Crippen LogP contribution >= 0.6 is 0 Å². The Bertz CT molecular complexity index is 316. The van der Waals surface area contributed by atoms with Crippen LogP contribution in [0.2, 0.25) is 0 Å². The van der Waals surface area contributed by atoms with E-state index in [2.05, 4.69) is 28.7 Å². The van der Waals surface area contributed by atoms with E-state index in [1.54, 1.807) is 0 Å². The Morgan fingerprint density at radius 3 is 2.50 bits per heavy atom. The molecule has 1 aromatic rings. The highest BCUT2D eigenvalue weighted by Gasteiger charge is 2.26. The molecule has 1 aliphatic rings. The third kappa shape index (κ3) is 1.64. The SMILES string of the molecule is CC1CN(c2cc(N)ncn2)CC1C. The van der Waals surface area contributed by atoms with Gasteiger partial charge >= 0.3 is 0 Å². The van der Waals surface area contributed by atoms with Gasteiger partial charge in [-0.15, -0.1) is 0 Å². The average Bonchev–Trinajstić information content (AvgIpc) is 2.47. The van der Waals surface area contributed by atoms with Gasteiger partial charge < -0.3 is 10.6 Å². The summed E-state index contributed by atoms with van der Waals surface area (Å²) < 4.78 is 0. The van der Waals surface area contributed by atoms with Gasteiger partial charge in [-0.3, -0.25) is 0 Å². The van der Waals surface area contributed by atoms with E-state index in [1.165, 1.54) is 6.33 Å². The summed E-state index contributed by atoms with van der Waals surface area (Å²) in [6.07, 6.45) is 1.53. The Morgan fingerprint density at radius 2 is 1.93 bits per heavy atom. The molecular formula is C10H16N4. The number of nitrogen functional groups attached to an aromatic ring is 1. The molecule has 0 aliphatic carbocycles. The Morgan fingerprint density at radius 1 is 1.29 bits per heavy atom. The average molecular weight is 192 g/mol. The summed E-state index contributed by atoms with van der Waals surface area (Å²) in [5.74, 6) is 2.95. The van der Waals surface area contributed by atoms with E-state index in [0.29, 0.717) is 5.82 Å². The van der Waals surface area contributed by atoms with E-state index in [4.69, 9.17) is 5.73 Å². The molecule has 2 atom stereocenters. The van der Waals surface area contributed by atoms with Gasteiger partial charge in [0.25, 0.3) is 0 Å². The van der Waals surface area contributed by atoms with Gasteiger partial charge in [-0.1, -0.05) is 13.8 Å². The first kappa shape index (κ1) is 9.24. The molecule has 1 aliphatic heterocycles. The third-order valence-electron chi connectivity index (χ3n) is 2.99. The minimum absolute atomic E-state index is 0.544. The molecule has 0 aromatic carbocycles. The number of hydrogen-bond acceptors (Lipinski definition) is 4. The number of anilines is 2. The summed E-state index contributed by atoms with van der Waals surface area (Å²) in [4.78, 5) is 10.4. The Labute approximate surface area is 84.2 Å². The molecule has 76 valence electrons. The lowest BCUT2D eigenvalue weighted by atomic mass is 10.0. The Balaban J connectivity index is 2.17. The van der Waals surface area contributed by atoms with E-state index in [-0.39, 0.29) is 0 Å². The maximum atomic E-state index is 5.62. The lowest BCUT2D eigenvalue weighted by Gasteiger charge is -2.16. The number of nitrogens with two attached hydrogens (primary N) is 1. The molecule has 4 nitrogen and oxygen atoms in total. The normalized spacial score (nSPS) is 26.9. The van der Waals surface area contributed by atoms with E-state index < -0.39 is 0 Å². The van der Waals surface area contributed by atoms with E-state index in [0.717, 1.165) is 30.7 Å². The first-order valence-corrected chi connectivity index (χ1v) is 4.99. The Kier molecular flexibility index (Phi) is 2.27. The molecule has 0 saturated carbocycles. The second kappa shape index (κ2) is 3.44. The highest BCUT2D eigenvalue weighted by molar-refractivity contribution is 5.46. The van der Waals surface area contributed by atoms with E-state index in [1.807, 2.05) is 6.07 Å². The van der Waals surface area contributed by atoms with Crippen LogP contribution in [0.25, 0.3) is 0 Å². The van der Waals surface area contributed by atoms with Crippen molar-refractivity contribution >= 4 is 11.6 Å².